The number of benzene rings is 1. The summed E-state index contributed by atoms with van der Waals surface area (Å²) in [6, 6.07) is 4.98. The quantitative estimate of drug-likeness (QED) is 0.543. The van der Waals surface area contributed by atoms with E-state index >= 15 is 0 Å². The summed E-state index contributed by atoms with van der Waals surface area (Å²) < 4.78 is 0. The maximum atomic E-state index is 11.6. The summed E-state index contributed by atoms with van der Waals surface area (Å²) in [6.45, 7) is 0. The van der Waals surface area contributed by atoms with Crippen LogP contribution in [0.2, 0.25) is 0 Å². The van der Waals surface area contributed by atoms with E-state index in [2.05, 4.69) is 35.8 Å². The highest BCUT2D eigenvalue weighted by molar-refractivity contribution is 5.99. The molecular formula is C10H9N7O. The second kappa shape index (κ2) is 4.17. The van der Waals surface area contributed by atoms with Crippen LogP contribution in [-0.2, 0) is 0 Å². The van der Waals surface area contributed by atoms with E-state index in [1.807, 2.05) is 6.07 Å². The van der Waals surface area contributed by atoms with E-state index in [0.29, 0.717) is 5.69 Å². The fourth-order valence-electron chi connectivity index (χ4n) is 1.55. The lowest BCUT2D eigenvalue weighted by molar-refractivity contribution is 0.262. The number of carbonyl (C=O) groups is 1. The van der Waals surface area contributed by atoms with Gasteiger partial charge in [0.25, 0.3) is 0 Å². The standard InChI is InChI=1S/C10H9N7O/c18-10(16-9-13-5-14-17-9)15-6-1-2-7-8(3-6)12-4-11-7/h1-5H,(H,11,12)(H3,13,14,15,16,17,18). The zero-order chi connectivity index (χ0) is 12.4. The van der Waals surface area contributed by atoms with Crippen molar-refractivity contribution in [3.05, 3.63) is 30.9 Å². The molecular weight excluding hydrogens is 234 g/mol. The zero-order valence-electron chi connectivity index (χ0n) is 9.14. The number of H-pyrrole nitrogens is 2. The van der Waals surface area contributed by atoms with Crippen LogP contribution < -0.4 is 10.6 Å². The molecule has 8 heteroatoms. The number of urea groups is 1. The zero-order valence-corrected chi connectivity index (χ0v) is 9.14. The molecule has 2 heterocycles. The molecule has 0 unspecified atom stereocenters. The first-order valence-corrected chi connectivity index (χ1v) is 5.18. The maximum absolute atomic E-state index is 11.6. The van der Waals surface area contributed by atoms with Crippen LogP contribution in [0, 0.1) is 0 Å². The highest BCUT2D eigenvalue weighted by Gasteiger charge is 2.05. The molecule has 0 bridgehead atoms. The summed E-state index contributed by atoms with van der Waals surface area (Å²) in [4.78, 5) is 22.5. The number of nitrogens with one attached hydrogen (secondary N) is 4. The average molecular weight is 243 g/mol. The Balaban J connectivity index is 1.73. The van der Waals surface area contributed by atoms with Crippen molar-refractivity contribution in [3.63, 3.8) is 0 Å². The molecule has 90 valence electrons. The number of hydrogen-bond acceptors (Lipinski definition) is 4. The molecule has 8 nitrogen and oxygen atoms in total. The predicted molar refractivity (Wildman–Crippen MR) is 65.1 cm³/mol. The van der Waals surface area contributed by atoms with E-state index in [1.165, 1.54) is 6.33 Å². The van der Waals surface area contributed by atoms with E-state index in [4.69, 9.17) is 0 Å². The number of amides is 2. The van der Waals surface area contributed by atoms with E-state index in [1.54, 1.807) is 18.5 Å². The second-order valence-electron chi connectivity index (χ2n) is 3.55. The average Bonchev–Trinajstić information content (AvgIpc) is 2.98. The number of rotatable bonds is 2. The molecule has 0 fully saturated rings. The van der Waals surface area contributed by atoms with Crippen molar-refractivity contribution in [3.8, 4) is 0 Å². The third-order valence-corrected chi connectivity index (χ3v) is 2.33. The maximum Gasteiger partial charge on any atom is 0.326 e. The lowest BCUT2D eigenvalue weighted by Crippen LogP contribution is -2.20. The molecule has 0 spiro atoms. The first-order valence-electron chi connectivity index (χ1n) is 5.18. The van der Waals surface area contributed by atoms with Gasteiger partial charge in [-0.1, -0.05) is 0 Å². The summed E-state index contributed by atoms with van der Waals surface area (Å²) in [7, 11) is 0. The van der Waals surface area contributed by atoms with Gasteiger partial charge < -0.3 is 10.3 Å². The van der Waals surface area contributed by atoms with Gasteiger partial charge >= 0.3 is 6.03 Å². The molecule has 0 atom stereocenters. The van der Waals surface area contributed by atoms with Crippen LogP contribution in [0.3, 0.4) is 0 Å². The van der Waals surface area contributed by atoms with Crippen molar-refractivity contribution in [1.29, 1.82) is 0 Å². The summed E-state index contributed by atoms with van der Waals surface area (Å²) in [6.07, 6.45) is 2.91. The van der Waals surface area contributed by atoms with Crippen molar-refractivity contribution in [2.45, 2.75) is 0 Å². The van der Waals surface area contributed by atoms with Gasteiger partial charge in [-0.15, -0.1) is 0 Å². The lowest BCUT2D eigenvalue weighted by Gasteiger charge is -2.04. The van der Waals surface area contributed by atoms with E-state index in [-0.39, 0.29) is 5.95 Å². The van der Waals surface area contributed by atoms with Gasteiger partial charge in [0.1, 0.15) is 6.33 Å². The smallest absolute Gasteiger partial charge is 0.326 e. The van der Waals surface area contributed by atoms with Crippen molar-refractivity contribution < 1.29 is 4.79 Å². The first-order chi connectivity index (χ1) is 8.81. The van der Waals surface area contributed by atoms with Crippen molar-refractivity contribution in [2.24, 2.45) is 0 Å². The van der Waals surface area contributed by atoms with Crippen LogP contribution in [0.25, 0.3) is 11.0 Å². The monoisotopic (exact) mass is 243 g/mol. The number of aromatic nitrogens is 5. The van der Waals surface area contributed by atoms with Gasteiger partial charge in [0.2, 0.25) is 5.95 Å². The van der Waals surface area contributed by atoms with E-state index in [9.17, 15) is 4.79 Å². The van der Waals surface area contributed by atoms with Gasteiger partial charge in [-0.25, -0.2) is 14.9 Å². The molecule has 3 rings (SSSR count). The number of carbonyl (C=O) groups excluding carboxylic acids is 1. The number of anilines is 2. The summed E-state index contributed by atoms with van der Waals surface area (Å²) in [5.74, 6) is 0.287. The molecule has 0 saturated carbocycles. The van der Waals surface area contributed by atoms with Gasteiger partial charge in [0.15, 0.2) is 0 Å². The molecule has 18 heavy (non-hydrogen) atoms. The van der Waals surface area contributed by atoms with Gasteiger partial charge in [-0.3, -0.25) is 5.32 Å². The van der Waals surface area contributed by atoms with Crippen molar-refractivity contribution in [2.75, 3.05) is 10.6 Å². The van der Waals surface area contributed by atoms with Crippen molar-refractivity contribution in [1.82, 2.24) is 25.1 Å². The van der Waals surface area contributed by atoms with Gasteiger partial charge in [0, 0.05) is 5.69 Å². The molecule has 1 aromatic carbocycles. The Hall–Kier alpha value is -2.90. The molecule has 4 N–H and O–H groups in total. The largest absolute Gasteiger partial charge is 0.345 e. The third-order valence-electron chi connectivity index (χ3n) is 2.33. The Labute approximate surface area is 101 Å². The van der Waals surface area contributed by atoms with Gasteiger partial charge in [0.05, 0.1) is 17.4 Å². The molecule has 2 amide bonds. The normalized spacial score (nSPS) is 10.4. The minimum atomic E-state index is -0.398. The van der Waals surface area contributed by atoms with E-state index in [0.717, 1.165) is 11.0 Å². The van der Waals surface area contributed by atoms with Crippen LogP contribution in [-0.4, -0.2) is 31.2 Å². The molecule has 2 aromatic heterocycles. The number of aromatic amines is 2. The SMILES string of the molecule is O=C(Nc1ccc2nc[nH]c2c1)Nc1ncn[nH]1. The van der Waals surface area contributed by atoms with Gasteiger partial charge in [-0.05, 0) is 18.2 Å². The lowest BCUT2D eigenvalue weighted by atomic mass is 10.3. The summed E-state index contributed by atoms with van der Waals surface area (Å²) >= 11 is 0. The molecule has 0 saturated heterocycles. The Morgan fingerprint density at radius 2 is 2.17 bits per heavy atom. The Morgan fingerprint density at radius 3 is 3.00 bits per heavy atom. The Kier molecular flexibility index (Phi) is 2.38. The van der Waals surface area contributed by atoms with Crippen molar-refractivity contribution >= 4 is 28.7 Å². The molecule has 0 aliphatic carbocycles. The van der Waals surface area contributed by atoms with Crippen LogP contribution in [0.15, 0.2) is 30.9 Å². The third kappa shape index (κ3) is 1.98. The highest BCUT2D eigenvalue weighted by Crippen LogP contribution is 2.15. The molecule has 3 aromatic rings. The number of nitrogens with zero attached hydrogens (tertiary/aromatic N) is 3. The van der Waals surface area contributed by atoms with Crippen LogP contribution in [0.4, 0.5) is 16.4 Å². The number of imidazole rings is 1. The predicted octanol–water partition coefficient (Wildman–Crippen LogP) is 1.32. The number of fused-ring (bicyclic) bond motifs is 1. The minimum absolute atomic E-state index is 0.287. The number of hydrogen-bond donors (Lipinski definition) is 4. The second-order valence-corrected chi connectivity index (χ2v) is 3.55. The summed E-state index contributed by atoms with van der Waals surface area (Å²) in [5.41, 5.74) is 2.35. The van der Waals surface area contributed by atoms with E-state index < -0.39 is 6.03 Å². The van der Waals surface area contributed by atoms with Gasteiger partial charge in [-0.2, -0.15) is 10.1 Å². The van der Waals surface area contributed by atoms with Crippen LogP contribution in [0.1, 0.15) is 0 Å². The Morgan fingerprint density at radius 1 is 1.22 bits per heavy atom. The minimum Gasteiger partial charge on any atom is -0.345 e. The first kappa shape index (κ1) is 10.3. The van der Waals surface area contributed by atoms with Crippen LogP contribution in [0.5, 0.6) is 0 Å². The topological polar surface area (TPSA) is 111 Å². The molecule has 0 aliphatic heterocycles. The fraction of sp³-hybridized carbons (Fsp3) is 0. The highest BCUT2D eigenvalue weighted by atomic mass is 16.2. The fourth-order valence-corrected chi connectivity index (χ4v) is 1.55. The summed E-state index contributed by atoms with van der Waals surface area (Å²) in [5, 5.41) is 11.3. The molecule has 0 radical (unpaired) electrons. The Bertz CT molecular complexity index is 672. The molecule has 0 aliphatic rings. The van der Waals surface area contributed by atoms with Crippen LogP contribution >= 0.6 is 0 Å².